The Morgan fingerprint density at radius 1 is 1.07 bits per heavy atom. The summed E-state index contributed by atoms with van der Waals surface area (Å²) in [7, 11) is 0. The summed E-state index contributed by atoms with van der Waals surface area (Å²) < 4.78 is 0. The number of rotatable bonds is 3. The van der Waals surface area contributed by atoms with Crippen LogP contribution in [0.3, 0.4) is 0 Å². The van der Waals surface area contributed by atoms with Crippen molar-refractivity contribution >= 4 is 11.7 Å². The van der Waals surface area contributed by atoms with Gasteiger partial charge in [-0.25, -0.2) is 0 Å². The molecule has 0 amide bonds. The van der Waals surface area contributed by atoms with Gasteiger partial charge >= 0.3 is 0 Å². The first-order chi connectivity index (χ1) is 7.11. The van der Waals surface area contributed by atoms with Crippen molar-refractivity contribution in [2.75, 3.05) is 0 Å². The van der Waals surface area contributed by atoms with Crippen LogP contribution in [0.1, 0.15) is 19.4 Å². The Hall–Kier alpha value is -1.84. The molecule has 1 aromatic rings. The highest BCUT2D eigenvalue weighted by Crippen LogP contribution is 2.09. The van der Waals surface area contributed by atoms with Crippen LogP contribution in [-0.2, 0) is 0 Å². The molecule has 0 spiro atoms. The average Bonchev–Trinajstić information content (AvgIpc) is 2.18. The normalized spacial score (nSPS) is 11.5. The Morgan fingerprint density at radius 2 is 1.67 bits per heavy atom. The minimum Gasteiger partial charge on any atom is -0.369 e. The van der Waals surface area contributed by atoms with Crippen molar-refractivity contribution in [1.29, 1.82) is 0 Å². The summed E-state index contributed by atoms with van der Waals surface area (Å²) in [5, 5.41) is 7.73. The Bertz CT molecular complexity index is 361. The molecule has 0 fully saturated rings. The summed E-state index contributed by atoms with van der Waals surface area (Å²) in [5.74, 6) is 0.250. The second-order valence-corrected chi connectivity index (χ2v) is 3.53. The van der Waals surface area contributed by atoms with Crippen molar-refractivity contribution in [3.63, 3.8) is 0 Å². The summed E-state index contributed by atoms with van der Waals surface area (Å²) >= 11 is 0. The van der Waals surface area contributed by atoms with Gasteiger partial charge in [0.25, 0.3) is 0 Å². The third kappa shape index (κ3) is 3.42. The van der Waals surface area contributed by atoms with Crippen molar-refractivity contribution in [1.82, 2.24) is 0 Å². The Morgan fingerprint density at radius 3 is 2.13 bits per heavy atom. The second kappa shape index (κ2) is 5.14. The number of benzene rings is 1. The molecule has 0 atom stereocenters. The highest BCUT2D eigenvalue weighted by molar-refractivity contribution is 6.02. The highest BCUT2D eigenvalue weighted by atomic mass is 15.3. The summed E-state index contributed by atoms with van der Waals surface area (Å²) in [4.78, 5) is 0. The molecule has 4 N–H and O–H groups in total. The first kappa shape index (κ1) is 11.2. The van der Waals surface area contributed by atoms with Gasteiger partial charge in [0.05, 0.1) is 5.71 Å². The van der Waals surface area contributed by atoms with E-state index < -0.39 is 0 Å². The molecule has 4 nitrogen and oxygen atoms in total. The molecule has 0 heterocycles. The quantitative estimate of drug-likeness (QED) is 0.442. The van der Waals surface area contributed by atoms with Gasteiger partial charge in [0.1, 0.15) is 0 Å². The fraction of sp³-hybridized carbons (Fsp3) is 0.273. The molecular weight excluding hydrogens is 188 g/mol. The number of hydrogen-bond donors (Lipinski definition) is 2. The van der Waals surface area contributed by atoms with Crippen LogP contribution in [0, 0.1) is 5.92 Å². The zero-order valence-electron chi connectivity index (χ0n) is 9.01. The maximum absolute atomic E-state index is 5.24. The van der Waals surface area contributed by atoms with Gasteiger partial charge in [-0.15, -0.1) is 5.10 Å². The zero-order valence-corrected chi connectivity index (χ0v) is 9.01. The van der Waals surface area contributed by atoms with Crippen molar-refractivity contribution in [2.24, 2.45) is 27.6 Å². The minimum absolute atomic E-state index is 0.0240. The molecule has 4 heteroatoms. The van der Waals surface area contributed by atoms with Crippen LogP contribution in [0.15, 0.2) is 40.5 Å². The van der Waals surface area contributed by atoms with E-state index in [1.807, 2.05) is 44.2 Å². The van der Waals surface area contributed by atoms with Crippen LogP contribution in [0.4, 0.5) is 0 Å². The Kier molecular flexibility index (Phi) is 3.85. The lowest BCUT2D eigenvalue weighted by atomic mass is 10.0. The van der Waals surface area contributed by atoms with Crippen LogP contribution in [0.2, 0.25) is 0 Å². The van der Waals surface area contributed by atoms with Crippen molar-refractivity contribution in [3.8, 4) is 0 Å². The smallest absolute Gasteiger partial charge is 0.211 e. The molecule has 0 aromatic heterocycles. The standard InChI is InChI=1S/C11H16N4/c1-8(2)10(14-15-11(12)13)9-6-4-3-5-7-9/h3-8H,1-2H3,(H4,12,13,15). The van der Waals surface area contributed by atoms with E-state index >= 15 is 0 Å². The van der Waals surface area contributed by atoms with Crippen LogP contribution >= 0.6 is 0 Å². The van der Waals surface area contributed by atoms with E-state index in [1.54, 1.807) is 0 Å². The van der Waals surface area contributed by atoms with E-state index in [0.717, 1.165) is 11.3 Å². The molecule has 1 aromatic carbocycles. The predicted molar refractivity (Wildman–Crippen MR) is 63.6 cm³/mol. The van der Waals surface area contributed by atoms with Crippen molar-refractivity contribution < 1.29 is 0 Å². The molecular formula is C11H16N4. The Labute approximate surface area is 89.7 Å². The monoisotopic (exact) mass is 204 g/mol. The third-order valence-electron chi connectivity index (χ3n) is 1.89. The second-order valence-electron chi connectivity index (χ2n) is 3.53. The van der Waals surface area contributed by atoms with Gasteiger partial charge in [-0.2, -0.15) is 5.10 Å². The van der Waals surface area contributed by atoms with E-state index in [2.05, 4.69) is 10.2 Å². The summed E-state index contributed by atoms with van der Waals surface area (Å²) in [5.41, 5.74) is 12.4. The van der Waals surface area contributed by atoms with E-state index in [1.165, 1.54) is 0 Å². The number of nitrogens with zero attached hydrogens (tertiary/aromatic N) is 2. The highest BCUT2D eigenvalue weighted by Gasteiger charge is 2.07. The minimum atomic E-state index is -0.0240. The van der Waals surface area contributed by atoms with Gasteiger partial charge in [-0.3, -0.25) is 0 Å². The molecule has 0 unspecified atom stereocenters. The summed E-state index contributed by atoms with van der Waals surface area (Å²) in [6, 6.07) is 9.86. The number of nitrogens with two attached hydrogens (primary N) is 2. The molecule has 1 rings (SSSR count). The lowest BCUT2D eigenvalue weighted by molar-refractivity contribution is 0.875. The third-order valence-corrected chi connectivity index (χ3v) is 1.89. The van der Waals surface area contributed by atoms with Gasteiger partial charge in [0.2, 0.25) is 5.96 Å². The first-order valence-electron chi connectivity index (χ1n) is 4.83. The topological polar surface area (TPSA) is 76.8 Å². The maximum atomic E-state index is 5.24. The lowest BCUT2D eigenvalue weighted by Crippen LogP contribution is -2.22. The molecule has 0 aliphatic heterocycles. The van der Waals surface area contributed by atoms with E-state index in [0.29, 0.717) is 0 Å². The van der Waals surface area contributed by atoms with Gasteiger partial charge in [0, 0.05) is 0 Å². The first-order valence-corrected chi connectivity index (χ1v) is 4.83. The van der Waals surface area contributed by atoms with Gasteiger partial charge in [0.15, 0.2) is 0 Å². The zero-order chi connectivity index (χ0) is 11.3. The van der Waals surface area contributed by atoms with Crippen LogP contribution < -0.4 is 11.5 Å². The summed E-state index contributed by atoms with van der Waals surface area (Å²) in [6.45, 7) is 4.10. The summed E-state index contributed by atoms with van der Waals surface area (Å²) in [6.07, 6.45) is 0. The van der Waals surface area contributed by atoms with Crippen LogP contribution in [-0.4, -0.2) is 11.7 Å². The number of guanidine groups is 1. The lowest BCUT2D eigenvalue weighted by Gasteiger charge is -2.07. The maximum Gasteiger partial charge on any atom is 0.211 e. The van der Waals surface area contributed by atoms with E-state index in [9.17, 15) is 0 Å². The molecule has 0 bridgehead atoms. The van der Waals surface area contributed by atoms with Crippen molar-refractivity contribution in [3.05, 3.63) is 35.9 Å². The van der Waals surface area contributed by atoms with Crippen LogP contribution in [0.5, 0.6) is 0 Å². The predicted octanol–water partition coefficient (Wildman–Crippen LogP) is 1.32. The fourth-order valence-electron chi connectivity index (χ4n) is 1.23. The van der Waals surface area contributed by atoms with E-state index in [-0.39, 0.29) is 11.9 Å². The van der Waals surface area contributed by atoms with Gasteiger partial charge < -0.3 is 11.5 Å². The van der Waals surface area contributed by atoms with Crippen LogP contribution in [0.25, 0.3) is 0 Å². The molecule has 15 heavy (non-hydrogen) atoms. The molecule has 0 aliphatic carbocycles. The largest absolute Gasteiger partial charge is 0.369 e. The molecule has 0 saturated carbocycles. The number of hydrogen-bond acceptors (Lipinski definition) is 2. The molecule has 0 saturated heterocycles. The molecule has 80 valence electrons. The average molecular weight is 204 g/mol. The fourth-order valence-corrected chi connectivity index (χ4v) is 1.23. The molecule has 0 aliphatic rings. The Balaban J connectivity index is 3.04. The van der Waals surface area contributed by atoms with E-state index in [4.69, 9.17) is 11.5 Å². The SMILES string of the molecule is CC(C)C(=NN=C(N)N)c1ccccc1. The van der Waals surface area contributed by atoms with Crippen molar-refractivity contribution in [2.45, 2.75) is 13.8 Å². The van der Waals surface area contributed by atoms with Gasteiger partial charge in [-0.05, 0) is 11.5 Å². The molecule has 0 radical (unpaired) electrons. The van der Waals surface area contributed by atoms with Gasteiger partial charge in [-0.1, -0.05) is 44.2 Å².